The molecule has 2 heterocycles. The Morgan fingerprint density at radius 3 is 2.71 bits per heavy atom. The molecule has 0 bridgehead atoms. The van der Waals surface area contributed by atoms with Crippen molar-refractivity contribution < 1.29 is 5.11 Å². The molecule has 0 unspecified atom stereocenters. The fourth-order valence-corrected chi connectivity index (χ4v) is 2.58. The van der Waals surface area contributed by atoms with Gasteiger partial charge in [-0.1, -0.05) is 0 Å². The summed E-state index contributed by atoms with van der Waals surface area (Å²) in [4.78, 5) is 10.9. The first-order chi connectivity index (χ1) is 10.1. The topological polar surface area (TPSA) is 66.2 Å². The second kappa shape index (κ2) is 6.87. The van der Waals surface area contributed by atoms with Crippen molar-refractivity contribution in [2.75, 3.05) is 39.1 Å². The molecule has 0 saturated carbocycles. The first-order valence-corrected chi connectivity index (χ1v) is 7.36. The highest BCUT2D eigenvalue weighted by Crippen LogP contribution is 2.28. The lowest BCUT2D eigenvalue weighted by atomic mass is 10.2. The number of hydrogen-bond donors (Lipinski definition) is 2. The summed E-state index contributed by atoms with van der Waals surface area (Å²) >= 11 is 0. The number of anilines is 1. The summed E-state index contributed by atoms with van der Waals surface area (Å²) < 4.78 is 2.05. The van der Waals surface area contributed by atoms with Crippen LogP contribution in [0, 0.1) is 13.8 Å². The average Bonchev–Trinajstić information content (AvgIpc) is 2.70. The molecule has 0 amide bonds. The zero-order valence-electron chi connectivity index (χ0n) is 13.3. The number of aryl methyl sites for hydroxylation is 1. The molecule has 6 nitrogen and oxygen atoms in total. The van der Waals surface area contributed by atoms with Crippen molar-refractivity contribution in [1.82, 2.24) is 19.4 Å². The molecule has 0 saturated heterocycles. The summed E-state index contributed by atoms with van der Waals surface area (Å²) in [6, 6.07) is 0. The molecule has 0 atom stereocenters. The molecule has 0 aromatic carbocycles. The van der Waals surface area contributed by atoms with Crippen LogP contribution in [-0.4, -0.2) is 58.3 Å². The Bertz CT molecular complexity index is 606. The van der Waals surface area contributed by atoms with Crippen molar-refractivity contribution in [2.45, 2.75) is 26.8 Å². The van der Waals surface area contributed by atoms with E-state index < -0.39 is 0 Å². The lowest BCUT2D eigenvalue weighted by molar-refractivity contribution is 0.276. The number of fused-ring (bicyclic) bond motifs is 1. The van der Waals surface area contributed by atoms with Crippen molar-refractivity contribution in [3.8, 4) is 0 Å². The van der Waals surface area contributed by atoms with Crippen LogP contribution in [0.1, 0.15) is 17.7 Å². The van der Waals surface area contributed by atoms with Gasteiger partial charge in [-0.05, 0) is 46.5 Å². The molecular weight excluding hydrogens is 266 g/mol. The number of hydrogen-bond acceptors (Lipinski definition) is 5. The standard InChI is InChI=1S/C15H25N5O/c1-11-12(2)20(8-9-21)15-13(11)14(17-10-18-15)16-6-5-7-19(3)4/h10,21H,5-9H2,1-4H3,(H,16,17,18). The smallest absolute Gasteiger partial charge is 0.146 e. The third-order valence-corrected chi connectivity index (χ3v) is 3.80. The molecule has 6 heteroatoms. The van der Waals surface area contributed by atoms with Gasteiger partial charge < -0.3 is 19.9 Å². The Morgan fingerprint density at radius 2 is 2.05 bits per heavy atom. The quantitative estimate of drug-likeness (QED) is 0.755. The fourth-order valence-electron chi connectivity index (χ4n) is 2.58. The van der Waals surface area contributed by atoms with Gasteiger partial charge in [0.2, 0.25) is 0 Å². The Balaban J connectivity index is 2.26. The molecule has 2 aromatic heterocycles. The summed E-state index contributed by atoms with van der Waals surface area (Å²) in [6.07, 6.45) is 2.65. The molecule has 0 fully saturated rings. The monoisotopic (exact) mass is 291 g/mol. The molecule has 0 aliphatic carbocycles. The van der Waals surface area contributed by atoms with E-state index in [1.54, 1.807) is 6.33 Å². The molecule has 21 heavy (non-hydrogen) atoms. The van der Waals surface area contributed by atoms with Crippen LogP contribution in [0.3, 0.4) is 0 Å². The largest absolute Gasteiger partial charge is 0.395 e. The Morgan fingerprint density at radius 1 is 1.29 bits per heavy atom. The minimum Gasteiger partial charge on any atom is -0.395 e. The van der Waals surface area contributed by atoms with Crippen molar-refractivity contribution >= 4 is 16.9 Å². The van der Waals surface area contributed by atoms with Gasteiger partial charge in [0.05, 0.1) is 12.0 Å². The molecule has 116 valence electrons. The van der Waals surface area contributed by atoms with E-state index >= 15 is 0 Å². The summed E-state index contributed by atoms with van der Waals surface area (Å²) in [7, 11) is 4.15. The second-order valence-electron chi connectivity index (χ2n) is 5.59. The molecular formula is C15H25N5O. The van der Waals surface area contributed by atoms with Crippen LogP contribution in [-0.2, 0) is 6.54 Å². The molecule has 0 spiro atoms. The van der Waals surface area contributed by atoms with Crippen molar-refractivity contribution in [3.05, 3.63) is 17.6 Å². The predicted molar refractivity (Wildman–Crippen MR) is 85.7 cm³/mol. The van der Waals surface area contributed by atoms with Gasteiger partial charge in [-0.2, -0.15) is 0 Å². The lowest BCUT2D eigenvalue weighted by Crippen LogP contribution is -2.16. The van der Waals surface area contributed by atoms with Gasteiger partial charge >= 0.3 is 0 Å². The van der Waals surface area contributed by atoms with Gasteiger partial charge in [0, 0.05) is 18.8 Å². The van der Waals surface area contributed by atoms with E-state index in [0.29, 0.717) is 6.54 Å². The normalized spacial score (nSPS) is 11.5. The van der Waals surface area contributed by atoms with E-state index in [9.17, 15) is 5.11 Å². The van der Waals surface area contributed by atoms with Crippen LogP contribution >= 0.6 is 0 Å². The van der Waals surface area contributed by atoms with E-state index in [1.807, 2.05) is 0 Å². The van der Waals surface area contributed by atoms with E-state index in [-0.39, 0.29) is 6.61 Å². The molecule has 0 aliphatic heterocycles. The van der Waals surface area contributed by atoms with E-state index in [2.05, 4.69) is 52.7 Å². The van der Waals surface area contributed by atoms with E-state index in [0.717, 1.165) is 42.1 Å². The van der Waals surface area contributed by atoms with Crippen molar-refractivity contribution in [3.63, 3.8) is 0 Å². The zero-order valence-corrected chi connectivity index (χ0v) is 13.3. The minimum absolute atomic E-state index is 0.111. The van der Waals surface area contributed by atoms with Crippen LogP contribution in [0.4, 0.5) is 5.82 Å². The Labute approximate surface area is 125 Å². The molecule has 0 aliphatic rings. The Kier molecular flexibility index (Phi) is 5.14. The van der Waals surface area contributed by atoms with E-state index in [1.165, 1.54) is 5.56 Å². The highest BCUT2D eigenvalue weighted by molar-refractivity contribution is 5.91. The number of aliphatic hydroxyl groups excluding tert-OH is 1. The molecule has 2 rings (SSSR count). The second-order valence-corrected chi connectivity index (χ2v) is 5.59. The van der Waals surface area contributed by atoms with Crippen LogP contribution in [0.25, 0.3) is 11.0 Å². The summed E-state index contributed by atoms with van der Waals surface area (Å²) in [5.41, 5.74) is 3.20. The number of aromatic nitrogens is 3. The molecule has 2 N–H and O–H groups in total. The van der Waals surface area contributed by atoms with Gasteiger partial charge in [0.15, 0.2) is 0 Å². The lowest BCUT2D eigenvalue weighted by Gasteiger charge is -2.11. The fraction of sp³-hybridized carbons (Fsp3) is 0.600. The number of nitrogens with zero attached hydrogens (tertiary/aromatic N) is 4. The van der Waals surface area contributed by atoms with Crippen LogP contribution < -0.4 is 5.32 Å². The van der Waals surface area contributed by atoms with Crippen LogP contribution in [0.15, 0.2) is 6.33 Å². The number of aliphatic hydroxyl groups is 1. The highest BCUT2D eigenvalue weighted by atomic mass is 16.3. The maximum atomic E-state index is 9.22. The van der Waals surface area contributed by atoms with Crippen molar-refractivity contribution in [1.29, 1.82) is 0 Å². The van der Waals surface area contributed by atoms with Gasteiger partial charge in [-0.15, -0.1) is 0 Å². The number of nitrogens with one attached hydrogen (secondary N) is 1. The summed E-state index contributed by atoms with van der Waals surface area (Å²) in [5, 5.41) is 13.7. The summed E-state index contributed by atoms with van der Waals surface area (Å²) in [5.74, 6) is 0.885. The minimum atomic E-state index is 0.111. The predicted octanol–water partition coefficient (Wildman–Crippen LogP) is 1.40. The highest BCUT2D eigenvalue weighted by Gasteiger charge is 2.15. The maximum Gasteiger partial charge on any atom is 0.146 e. The van der Waals surface area contributed by atoms with Crippen molar-refractivity contribution in [2.24, 2.45) is 0 Å². The van der Waals surface area contributed by atoms with Crippen LogP contribution in [0.5, 0.6) is 0 Å². The molecule has 2 aromatic rings. The zero-order chi connectivity index (χ0) is 15.4. The van der Waals surface area contributed by atoms with Gasteiger partial charge in [0.1, 0.15) is 17.8 Å². The molecule has 0 radical (unpaired) electrons. The van der Waals surface area contributed by atoms with Gasteiger partial charge in [0.25, 0.3) is 0 Å². The van der Waals surface area contributed by atoms with Gasteiger partial charge in [-0.3, -0.25) is 0 Å². The van der Waals surface area contributed by atoms with Gasteiger partial charge in [-0.25, -0.2) is 9.97 Å². The van der Waals surface area contributed by atoms with E-state index in [4.69, 9.17) is 0 Å². The summed E-state index contributed by atoms with van der Waals surface area (Å²) in [6.45, 7) is 6.74. The first kappa shape index (κ1) is 15.7. The average molecular weight is 291 g/mol. The SMILES string of the molecule is Cc1c(C)n(CCO)c2ncnc(NCCCN(C)C)c12. The maximum absolute atomic E-state index is 9.22. The van der Waals surface area contributed by atoms with Crippen LogP contribution in [0.2, 0.25) is 0 Å². The Hall–Kier alpha value is -1.66. The number of rotatable bonds is 7. The third-order valence-electron chi connectivity index (χ3n) is 3.80. The third kappa shape index (κ3) is 3.33. The first-order valence-electron chi connectivity index (χ1n) is 7.36.